The Morgan fingerprint density at radius 1 is 1.24 bits per heavy atom. The summed E-state index contributed by atoms with van der Waals surface area (Å²) in [6.07, 6.45) is -5.54. The SMILES string of the molecule is C/C=C/[C@@H](C[C@@H]1O[C@](O)(C[C@H](C)O)C[C@H](O)[C@H]1NC(=O)NNC(=S)Nc1ccccc1)O[C@@H]1O[C@H](C)[C@@H](O)[C@H](N)[C@@H]1O. The number of hydrogen-bond acceptors (Lipinski definition) is 11. The van der Waals surface area contributed by atoms with Gasteiger partial charge in [0.2, 0.25) is 0 Å². The lowest BCUT2D eigenvalue weighted by atomic mass is 9.88. The van der Waals surface area contributed by atoms with Crippen LogP contribution >= 0.6 is 12.2 Å². The zero-order chi connectivity index (χ0) is 31.0. The molecule has 0 unspecified atom stereocenters. The molecule has 0 bridgehead atoms. The van der Waals surface area contributed by atoms with Crippen molar-refractivity contribution in [3.05, 3.63) is 42.5 Å². The van der Waals surface area contributed by atoms with Gasteiger partial charge in [-0.15, -0.1) is 0 Å². The van der Waals surface area contributed by atoms with Gasteiger partial charge in [0, 0.05) is 24.9 Å². The number of aliphatic hydroxyl groups excluding tert-OH is 4. The summed E-state index contributed by atoms with van der Waals surface area (Å²) in [6, 6.07) is 6.28. The number of nitrogens with one attached hydrogen (secondary N) is 4. The summed E-state index contributed by atoms with van der Waals surface area (Å²) in [5, 5.41) is 58.4. The van der Waals surface area contributed by atoms with Crippen LogP contribution in [0.15, 0.2) is 42.5 Å². The Hall–Kier alpha value is -2.44. The molecule has 2 fully saturated rings. The topological polar surface area (TPSA) is 220 Å². The van der Waals surface area contributed by atoms with E-state index in [9.17, 15) is 30.3 Å². The number of hydrazine groups is 1. The summed E-state index contributed by atoms with van der Waals surface area (Å²) in [7, 11) is 0. The van der Waals surface area contributed by atoms with Crippen LogP contribution in [0.4, 0.5) is 10.5 Å². The second-order valence-corrected chi connectivity index (χ2v) is 11.1. The lowest BCUT2D eigenvalue weighted by Crippen LogP contribution is -2.64. The number of anilines is 1. The summed E-state index contributed by atoms with van der Waals surface area (Å²) >= 11 is 5.20. The van der Waals surface area contributed by atoms with Gasteiger partial charge in [-0.2, -0.15) is 0 Å². The van der Waals surface area contributed by atoms with E-state index in [-0.39, 0.29) is 24.4 Å². The Labute approximate surface area is 250 Å². The van der Waals surface area contributed by atoms with Gasteiger partial charge in [0.15, 0.2) is 17.2 Å². The maximum absolute atomic E-state index is 12.8. The van der Waals surface area contributed by atoms with Crippen LogP contribution in [0.25, 0.3) is 0 Å². The van der Waals surface area contributed by atoms with Crippen molar-refractivity contribution in [1.29, 1.82) is 0 Å². The molecule has 0 spiro atoms. The number of nitrogens with two attached hydrogens (primary N) is 1. The van der Waals surface area contributed by atoms with Crippen molar-refractivity contribution in [2.45, 2.75) is 107 Å². The van der Waals surface area contributed by atoms with Gasteiger partial charge in [-0.1, -0.05) is 30.4 Å². The Bertz CT molecular complexity index is 1050. The number of urea groups is 1. The summed E-state index contributed by atoms with van der Waals surface area (Å²) < 4.78 is 17.6. The van der Waals surface area contributed by atoms with E-state index in [2.05, 4.69) is 21.5 Å². The lowest BCUT2D eigenvalue weighted by molar-refractivity contribution is -0.302. The fraction of sp³-hybridized carbons (Fsp3) is 0.630. The first-order valence-corrected chi connectivity index (χ1v) is 14.2. The van der Waals surface area contributed by atoms with E-state index in [4.69, 9.17) is 32.2 Å². The van der Waals surface area contributed by atoms with Crippen LogP contribution in [0.5, 0.6) is 0 Å². The van der Waals surface area contributed by atoms with Crippen molar-refractivity contribution < 1.29 is 44.5 Å². The van der Waals surface area contributed by atoms with Gasteiger partial charge in [0.1, 0.15) is 6.10 Å². The van der Waals surface area contributed by atoms with Crippen LogP contribution in [0.2, 0.25) is 0 Å². The number of para-hydroxylation sites is 1. The highest BCUT2D eigenvalue weighted by atomic mass is 32.1. The van der Waals surface area contributed by atoms with Crippen molar-refractivity contribution in [3.63, 3.8) is 0 Å². The van der Waals surface area contributed by atoms with E-state index < -0.39 is 72.9 Å². The number of hydrogen-bond donors (Lipinski definition) is 10. The van der Waals surface area contributed by atoms with Crippen molar-refractivity contribution in [2.75, 3.05) is 5.32 Å². The van der Waals surface area contributed by atoms with Crippen molar-refractivity contribution in [3.8, 4) is 0 Å². The normalized spacial score (nSPS) is 34.8. The molecular formula is C27H43N5O9S. The van der Waals surface area contributed by atoms with Gasteiger partial charge in [0.25, 0.3) is 0 Å². The van der Waals surface area contributed by atoms with Crippen molar-refractivity contribution in [1.82, 2.24) is 16.2 Å². The molecular weight excluding hydrogens is 570 g/mol. The Morgan fingerprint density at radius 3 is 2.57 bits per heavy atom. The molecule has 0 aliphatic carbocycles. The molecule has 14 nitrogen and oxygen atoms in total. The number of benzene rings is 1. The molecule has 236 valence electrons. The number of aliphatic hydroxyl groups is 5. The highest BCUT2D eigenvalue weighted by molar-refractivity contribution is 7.80. The second-order valence-electron chi connectivity index (χ2n) is 10.7. The van der Waals surface area contributed by atoms with Gasteiger partial charge in [0.05, 0.1) is 48.7 Å². The molecule has 11 N–H and O–H groups in total. The molecule has 2 saturated heterocycles. The average Bonchev–Trinajstić information content (AvgIpc) is 2.91. The number of allylic oxidation sites excluding steroid dienone is 1. The number of carbonyl (C=O) groups is 1. The fourth-order valence-corrected chi connectivity index (χ4v) is 5.21. The first kappa shape index (κ1) is 34.1. The Balaban J connectivity index is 1.71. The van der Waals surface area contributed by atoms with Gasteiger partial charge >= 0.3 is 6.03 Å². The summed E-state index contributed by atoms with van der Waals surface area (Å²) in [6.45, 7) is 4.82. The third-order valence-electron chi connectivity index (χ3n) is 7.03. The molecule has 11 atom stereocenters. The van der Waals surface area contributed by atoms with E-state index in [1.165, 1.54) is 6.92 Å². The highest BCUT2D eigenvalue weighted by Gasteiger charge is 2.48. The molecule has 2 heterocycles. The third-order valence-corrected chi connectivity index (χ3v) is 7.23. The molecule has 1 aromatic carbocycles. The van der Waals surface area contributed by atoms with Gasteiger partial charge in [-0.25, -0.2) is 10.2 Å². The summed E-state index contributed by atoms with van der Waals surface area (Å²) in [5.41, 5.74) is 11.6. The van der Waals surface area contributed by atoms with Crippen LogP contribution < -0.4 is 27.2 Å². The zero-order valence-corrected chi connectivity index (χ0v) is 24.6. The molecule has 15 heteroatoms. The number of amides is 2. The van der Waals surface area contributed by atoms with Crippen LogP contribution in [0.3, 0.4) is 0 Å². The minimum absolute atomic E-state index is 0.0192. The van der Waals surface area contributed by atoms with Gasteiger partial charge in [-0.3, -0.25) is 5.43 Å². The van der Waals surface area contributed by atoms with Crippen LogP contribution in [0.1, 0.15) is 40.0 Å². The largest absolute Gasteiger partial charge is 0.393 e. The number of carbonyl (C=O) groups excluding carboxylic acids is 1. The number of thiocarbonyl (C=S) groups is 1. The maximum Gasteiger partial charge on any atom is 0.333 e. The molecule has 0 radical (unpaired) electrons. The monoisotopic (exact) mass is 613 g/mol. The molecule has 42 heavy (non-hydrogen) atoms. The zero-order valence-electron chi connectivity index (χ0n) is 23.8. The van der Waals surface area contributed by atoms with Crippen LogP contribution in [-0.2, 0) is 14.2 Å². The Morgan fingerprint density at radius 2 is 1.93 bits per heavy atom. The second kappa shape index (κ2) is 15.3. The van der Waals surface area contributed by atoms with E-state index in [0.717, 1.165) is 0 Å². The molecule has 2 amide bonds. The van der Waals surface area contributed by atoms with Gasteiger partial charge in [-0.05, 0) is 45.1 Å². The smallest absolute Gasteiger partial charge is 0.333 e. The summed E-state index contributed by atoms with van der Waals surface area (Å²) in [5.74, 6) is -1.89. The van der Waals surface area contributed by atoms with E-state index >= 15 is 0 Å². The van der Waals surface area contributed by atoms with E-state index in [1.54, 1.807) is 38.1 Å². The summed E-state index contributed by atoms with van der Waals surface area (Å²) in [4.78, 5) is 12.8. The van der Waals surface area contributed by atoms with Crippen molar-refractivity contribution in [2.24, 2.45) is 5.73 Å². The van der Waals surface area contributed by atoms with Crippen LogP contribution in [0, 0.1) is 0 Å². The molecule has 2 aliphatic rings. The van der Waals surface area contributed by atoms with Crippen molar-refractivity contribution >= 4 is 29.0 Å². The number of rotatable bonds is 9. The third kappa shape index (κ3) is 9.54. The molecule has 1 aromatic rings. The lowest BCUT2D eigenvalue weighted by Gasteiger charge is -2.46. The predicted molar refractivity (Wildman–Crippen MR) is 157 cm³/mol. The maximum atomic E-state index is 12.8. The van der Waals surface area contributed by atoms with E-state index in [0.29, 0.717) is 5.69 Å². The predicted octanol–water partition coefficient (Wildman–Crippen LogP) is -0.690. The van der Waals surface area contributed by atoms with Crippen LogP contribution in [-0.4, -0.2) is 104 Å². The molecule has 2 aliphatic heterocycles. The molecule has 0 aromatic heterocycles. The average molecular weight is 614 g/mol. The first-order chi connectivity index (χ1) is 19.8. The minimum atomic E-state index is -1.89. The fourth-order valence-electron chi connectivity index (χ4n) is 5.04. The highest BCUT2D eigenvalue weighted by Crippen LogP contribution is 2.34. The number of ether oxygens (including phenoxy) is 3. The van der Waals surface area contributed by atoms with E-state index in [1.807, 2.05) is 18.2 Å². The molecule has 0 saturated carbocycles. The standard InChI is InChI=1S/C27H43N5O9S/c1-4-8-17(40-24-23(36)20(28)22(35)15(3)39-24)11-19-21(18(34)13-27(38,41-19)12-14(2)33)30-25(37)31-32-26(42)29-16-9-6-5-7-10-16/h4-10,14-15,17-24,33-36,38H,11-13,28H2,1-3H3,(H2,29,32,42)(H2,30,31,37)/b8-4+/t14-,15+,17-,18-,19-,20-,21+,22+,23-,24-,27+/m0/s1. The quantitative estimate of drug-likeness (QED) is 0.0948. The minimum Gasteiger partial charge on any atom is -0.393 e. The first-order valence-electron chi connectivity index (χ1n) is 13.8. The van der Waals surface area contributed by atoms with Gasteiger partial charge < -0.3 is 56.1 Å². The Kier molecular flexibility index (Phi) is 12.4. The molecule has 3 rings (SSSR count).